The molecule has 2 aromatic heterocycles. The fourth-order valence-corrected chi connectivity index (χ4v) is 3.03. The highest BCUT2D eigenvalue weighted by Crippen LogP contribution is 2.26. The van der Waals surface area contributed by atoms with E-state index in [0.29, 0.717) is 16.9 Å². The molecule has 2 heterocycles. The van der Waals surface area contributed by atoms with Gasteiger partial charge in [0.25, 0.3) is 5.56 Å². The number of aromatic nitrogens is 4. The van der Waals surface area contributed by atoms with Crippen LogP contribution in [-0.4, -0.2) is 31.8 Å². The summed E-state index contributed by atoms with van der Waals surface area (Å²) >= 11 is 0. The van der Waals surface area contributed by atoms with Gasteiger partial charge in [-0.25, -0.2) is 4.79 Å². The van der Waals surface area contributed by atoms with Crippen molar-refractivity contribution in [1.29, 1.82) is 0 Å². The van der Waals surface area contributed by atoms with Gasteiger partial charge in [0.2, 0.25) is 0 Å². The quantitative estimate of drug-likeness (QED) is 0.694. The maximum Gasteiger partial charge on any atom is 0.332 e. The number of hydrogen-bond acceptors (Lipinski definition) is 5. The summed E-state index contributed by atoms with van der Waals surface area (Å²) in [5, 5.41) is 0. The molecule has 0 N–H and O–H groups in total. The van der Waals surface area contributed by atoms with Gasteiger partial charge in [-0.05, 0) is 26.0 Å². The zero-order valence-electron chi connectivity index (χ0n) is 15.7. The summed E-state index contributed by atoms with van der Waals surface area (Å²) in [6, 6.07) is 7.97. The Balaban J connectivity index is 2.08. The molecule has 8 nitrogen and oxygen atoms in total. The van der Waals surface area contributed by atoms with Crippen molar-refractivity contribution >= 4 is 16.9 Å². The molecule has 1 aromatic carbocycles. The summed E-state index contributed by atoms with van der Waals surface area (Å²) in [4.78, 5) is 31.1. The molecule has 0 fully saturated rings. The number of benzene rings is 1. The Morgan fingerprint density at radius 2 is 1.73 bits per heavy atom. The number of hydrogen-bond donors (Lipinski definition) is 0. The number of aryl methyl sites for hydroxylation is 2. The molecule has 0 saturated carbocycles. The van der Waals surface area contributed by atoms with Crippen molar-refractivity contribution in [1.82, 2.24) is 18.7 Å². The van der Waals surface area contributed by atoms with Crippen molar-refractivity contribution in [3.63, 3.8) is 0 Å². The van der Waals surface area contributed by atoms with Gasteiger partial charge < -0.3 is 9.64 Å². The third-order valence-corrected chi connectivity index (χ3v) is 4.59. The lowest BCUT2D eigenvalue weighted by Crippen LogP contribution is -2.37. The largest absolute Gasteiger partial charge is 0.425 e. The Labute approximate surface area is 150 Å². The molecule has 0 atom stereocenters. The molecule has 0 saturated heterocycles. The van der Waals surface area contributed by atoms with E-state index in [1.54, 1.807) is 18.7 Å². The Kier molecular flexibility index (Phi) is 4.58. The Hall–Kier alpha value is -3.03. The third-order valence-electron chi connectivity index (χ3n) is 4.59. The summed E-state index contributed by atoms with van der Waals surface area (Å²) in [6.45, 7) is 5.98. The number of fused-ring (bicyclic) bond motifs is 1. The van der Waals surface area contributed by atoms with Gasteiger partial charge in [0.05, 0.1) is 0 Å². The van der Waals surface area contributed by atoms with Crippen LogP contribution in [0.4, 0.5) is 5.69 Å². The maximum absolute atomic E-state index is 12.4. The lowest BCUT2D eigenvalue weighted by atomic mass is 10.2. The number of ether oxygens (including phenoxy) is 1. The minimum Gasteiger partial charge on any atom is -0.425 e. The average molecular weight is 357 g/mol. The average Bonchev–Trinajstić information content (AvgIpc) is 2.96. The Bertz CT molecular complexity index is 1070. The molecule has 0 aliphatic rings. The molecule has 0 amide bonds. The molecule has 0 spiro atoms. The summed E-state index contributed by atoms with van der Waals surface area (Å²) in [6.07, 6.45) is 0. The van der Waals surface area contributed by atoms with Gasteiger partial charge in [-0.15, -0.1) is 0 Å². The van der Waals surface area contributed by atoms with E-state index in [0.717, 1.165) is 23.3 Å². The minimum atomic E-state index is -0.421. The second-order valence-corrected chi connectivity index (χ2v) is 6.10. The molecule has 0 unspecified atom stereocenters. The van der Waals surface area contributed by atoms with E-state index < -0.39 is 11.2 Å². The molecule has 3 aromatic rings. The fourth-order valence-electron chi connectivity index (χ4n) is 3.03. The lowest BCUT2D eigenvalue weighted by molar-refractivity contribution is 0.427. The molecular formula is C18H23N5O3. The molecular weight excluding hydrogens is 334 g/mol. The lowest BCUT2D eigenvalue weighted by Gasteiger charge is -2.21. The smallest absolute Gasteiger partial charge is 0.332 e. The van der Waals surface area contributed by atoms with Crippen LogP contribution in [0.2, 0.25) is 0 Å². The van der Waals surface area contributed by atoms with Crippen LogP contribution in [0.1, 0.15) is 13.8 Å². The molecule has 0 aliphatic heterocycles. The van der Waals surface area contributed by atoms with E-state index in [1.807, 2.05) is 24.3 Å². The minimum absolute atomic E-state index is 0.259. The topological polar surface area (TPSA) is 74.3 Å². The van der Waals surface area contributed by atoms with Crippen molar-refractivity contribution < 1.29 is 4.74 Å². The first-order chi connectivity index (χ1) is 12.4. The SMILES string of the molecule is CCN(CC)c1cccc(Oc2nc3c(c(=O)n(C)c(=O)n3C)n2C)c1. The number of rotatable bonds is 5. The van der Waals surface area contributed by atoms with Gasteiger partial charge in [-0.3, -0.25) is 18.5 Å². The van der Waals surface area contributed by atoms with Gasteiger partial charge in [-0.1, -0.05) is 6.07 Å². The second-order valence-electron chi connectivity index (χ2n) is 6.10. The zero-order chi connectivity index (χ0) is 19.0. The molecule has 0 aliphatic carbocycles. The summed E-state index contributed by atoms with van der Waals surface area (Å²) in [5.41, 5.74) is 0.857. The van der Waals surface area contributed by atoms with Crippen molar-refractivity contribution in [2.75, 3.05) is 18.0 Å². The highest BCUT2D eigenvalue weighted by molar-refractivity contribution is 5.71. The van der Waals surface area contributed by atoms with Crippen LogP contribution in [0.5, 0.6) is 11.8 Å². The van der Waals surface area contributed by atoms with Crippen LogP contribution in [-0.2, 0) is 21.1 Å². The molecule has 138 valence electrons. The van der Waals surface area contributed by atoms with Gasteiger partial charge >= 0.3 is 11.7 Å². The van der Waals surface area contributed by atoms with Crippen LogP contribution in [0.25, 0.3) is 11.2 Å². The van der Waals surface area contributed by atoms with Crippen LogP contribution < -0.4 is 20.9 Å². The van der Waals surface area contributed by atoms with Crippen molar-refractivity contribution in [2.45, 2.75) is 13.8 Å². The van der Waals surface area contributed by atoms with Crippen LogP contribution in [0, 0.1) is 0 Å². The van der Waals surface area contributed by atoms with Gasteiger partial charge in [-0.2, -0.15) is 4.98 Å². The number of nitrogens with zero attached hydrogens (tertiary/aromatic N) is 5. The van der Waals surface area contributed by atoms with E-state index in [9.17, 15) is 9.59 Å². The third kappa shape index (κ3) is 2.77. The van der Waals surface area contributed by atoms with E-state index in [1.165, 1.54) is 11.6 Å². The van der Waals surface area contributed by atoms with E-state index in [-0.39, 0.29) is 6.01 Å². The second kappa shape index (κ2) is 6.70. The standard InChI is InChI=1S/C18H23N5O3/c1-6-23(7-2)12-9-8-10-13(11-12)26-17-19-15-14(20(17)3)16(24)22(5)18(25)21(15)4/h8-11H,6-7H2,1-5H3. The first-order valence-corrected chi connectivity index (χ1v) is 8.54. The van der Waals surface area contributed by atoms with Crippen molar-refractivity contribution in [2.24, 2.45) is 21.1 Å². The Morgan fingerprint density at radius 1 is 1.04 bits per heavy atom. The van der Waals surface area contributed by atoms with Crippen LogP contribution >= 0.6 is 0 Å². The van der Waals surface area contributed by atoms with Crippen molar-refractivity contribution in [3.8, 4) is 11.8 Å². The molecule has 26 heavy (non-hydrogen) atoms. The normalized spacial score (nSPS) is 11.1. The predicted molar refractivity (Wildman–Crippen MR) is 101 cm³/mol. The van der Waals surface area contributed by atoms with Gasteiger partial charge in [0, 0.05) is 46.0 Å². The first kappa shape index (κ1) is 17.8. The maximum atomic E-state index is 12.4. The predicted octanol–water partition coefficient (Wildman–Crippen LogP) is 1.61. The summed E-state index contributed by atoms with van der Waals surface area (Å²) < 4.78 is 9.90. The highest BCUT2D eigenvalue weighted by atomic mass is 16.5. The molecule has 8 heteroatoms. The molecule has 3 rings (SSSR count). The molecule has 0 radical (unpaired) electrons. The monoisotopic (exact) mass is 357 g/mol. The summed E-state index contributed by atoms with van der Waals surface area (Å²) in [5.74, 6) is 0.620. The number of imidazole rings is 1. The zero-order valence-corrected chi connectivity index (χ0v) is 15.7. The van der Waals surface area contributed by atoms with E-state index >= 15 is 0 Å². The first-order valence-electron chi connectivity index (χ1n) is 8.54. The summed E-state index contributed by atoms with van der Waals surface area (Å²) in [7, 11) is 4.73. The van der Waals surface area contributed by atoms with Crippen LogP contribution in [0.15, 0.2) is 33.9 Å². The Morgan fingerprint density at radius 3 is 2.38 bits per heavy atom. The number of anilines is 1. The van der Waals surface area contributed by atoms with Gasteiger partial charge in [0.1, 0.15) is 5.75 Å². The van der Waals surface area contributed by atoms with Crippen molar-refractivity contribution in [3.05, 3.63) is 45.1 Å². The van der Waals surface area contributed by atoms with E-state index in [2.05, 4.69) is 23.7 Å². The van der Waals surface area contributed by atoms with Crippen LogP contribution in [0.3, 0.4) is 0 Å². The highest BCUT2D eigenvalue weighted by Gasteiger charge is 2.18. The molecule has 0 bridgehead atoms. The fraction of sp³-hybridized carbons (Fsp3) is 0.389. The van der Waals surface area contributed by atoms with E-state index in [4.69, 9.17) is 4.74 Å². The van der Waals surface area contributed by atoms with Gasteiger partial charge in [0.15, 0.2) is 11.2 Å².